The first-order chi connectivity index (χ1) is 15.0. The van der Waals surface area contributed by atoms with Crippen molar-refractivity contribution in [3.63, 3.8) is 0 Å². The summed E-state index contributed by atoms with van der Waals surface area (Å²) in [5, 5.41) is 11.5. The third kappa shape index (κ3) is 3.90. The van der Waals surface area contributed by atoms with Gasteiger partial charge in [-0.25, -0.2) is 0 Å². The number of carbonyl (C=O) groups is 2. The smallest absolute Gasteiger partial charge is 0.295 e. The molecule has 1 N–H and O–H groups in total. The number of likely N-dealkylation sites (tertiary alicyclic amines) is 1. The van der Waals surface area contributed by atoms with Crippen LogP contribution in [0, 0.1) is 0 Å². The van der Waals surface area contributed by atoms with Gasteiger partial charge in [-0.15, -0.1) is 0 Å². The van der Waals surface area contributed by atoms with Gasteiger partial charge in [-0.1, -0.05) is 48.0 Å². The molecule has 0 saturated carbocycles. The Kier molecular flexibility index (Phi) is 5.73. The van der Waals surface area contributed by atoms with Crippen molar-refractivity contribution >= 4 is 29.1 Å². The Morgan fingerprint density at radius 2 is 1.94 bits per heavy atom. The number of Topliss-reactive ketones (excluding diaryl/α,β-unsaturated/α-hetero) is 1. The summed E-state index contributed by atoms with van der Waals surface area (Å²) < 4.78 is 5.49. The Bertz CT molecular complexity index is 1180. The molecule has 1 aromatic heterocycles. The summed E-state index contributed by atoms with van der Waals surface area (Å²) in [6, 6.07) is 16.4. The number of ketones is 1. The first-order valence-corrected chi connectivity index (χ1v) is 9.95. The van der Waals surface area contributed by atoms with E-state index in [0.29, 0.717) is 21.9 Å². The number of hydrogen-bond acceptors (Lipinski definition) is 5. The molecule has 2 heterocycles. The zero-order chi connectivity index (χ0) is 22.0. The lowest BCUT2D eigenvalue weighted by atomic mass is 9.94. The van der Waals surface area contributed by atoms with E-state index in [9.17, 15) is 14.7 Å². The highest BCUT2D eigenvalue weighted by Crippen LogP contribution is 2.43. The Morgan fingerprint density at radius 1 is 1.13 bits per heavy atom. The quantitative estimate of drug-likeness (QED) is 0.366. The van der Waals surface area contributed by atoms with Crippen molar-refractivity contribution in [2.75, 3.05) is 7.11 Å². The van der Waals surface area contributed by atoms with Crippen molar-refractivity contribution in [2.45, 2.75) is 12.6 Å². The van der Waals surface area contributed by atoms with Crippen LogP contribution in [0.3, 0.4) is 0 Å². The number of nitrogens with zero attached hydrogens (tertiary/aromatic N) is 2. The van der Waals surface area contributed by atoms with E-state index in [1.165, 1.54) is 12.0 Å². The standard InChI is InChI=1S/C24H19ClN2O4/c1-31-19-10-3-2-9-18(19)21-20(22(28)16-7-4-8-17(25)12-16)23(29)24(30)27(21)14-15-6-5-11-26-13-15/h2-13,21,28H,14H2,1H3/b22-20-. The number of benzene rings is 2. The maximum atomic E-state index is 13.1. The van der Waals surface area contributed by atoms with E-state index in [-0.39, 0.29) is 17.9 Å². The molecule has 1 atom stereocenters. The normalized spacial score (nSPS) is 17.7. The van der Waals surface area contributed by atoms with Crippen LogP contribution in [0.4, 0.5) is 0 Å². The van der Waals surface area contributed by atoms with Crippen LogP contribution in [0.2, 0.25) is 5.02 Å². The molecule has 1 fully saturated rings. The van der Waals surface area contributed by atoms with Crippen LogP contribution in [0.15, 0.2) is 78.6 Å². The summed E-state index contributed by atoms with van der Waals surface area (Å²) in [6.45, 7) is 0.146. The highest BCUT2D eigenvalue weighted by molar-refractivity contribution is 6.46. The molecule has 0 bridgehead atoms. The molecule has 2 aromatic carbocycles. The van der Waals surface area contributed by atoms with E-state index in [2.05, 4.69) is 4.98 Å². The van der Waals surface area contributed by atoms with Gasteiger partial charge in [0.05, 0.1) is 18.7 Å². The fourth-order valence-electron chi connectivity index (χ4n) is 3.74. The fourth-order valence-corrected chi connectivity index (χ4v) is 3.93. The number of aliphatic hydroxyl groups is 1. The molecule has 156 valence electrons. The number of methoxy groups -OCH3 is 1. The summed E-state index contributed by atoms with van der Waals surface area (Å²) in [5.41, 5.74) is 1.69. The summed E-state index contributed by atoms with van der Waals surface area (Å²) in [4.78, 5) is 31.7. The molecular formula is C24H19ClN2O4. The second kappa shape index (κ2) is 8.62. The molecular weight excluding hydrogens is 416 g/mol. The van der Waals surface area contributed by atoms with Gasteiger partial charge in [-0.05, 0) is 29.8 Å². The lowest BCUT2D eigenvalue weighted by Gasteiger charge is -2.26. The first-order valence-electron chi connectivity index (χ1n) is 9.57. The molecule has 0 spiro atoms. The minimum absolute atomic E-state index is 0.0133. The van der Waals surface area contributed by atoms with Gasteiger partial charge in [-0.3, -0.25) is 14.6 Å². The topological polar surface area (TPSA) is 79.7 Å². The summed E-state index contributed by atoms with van der Waals surface area (Å²) >= 11 is 6.07. The van der Waals surface area contributed by atoms with Gasteiger partial charge in [0.25, 0.3) is 11.7 Å². The molecule has 1 unspecified atom stereocenters. The second-order valence-electron chi connectivity index (χ2n) is 7.04. The number of pyridine rings is 1. The number of para-hydroxylation sites is 1. The average molecular weight is 435 g/mol. The number of rotatable bonds is 5. The maximum absolute atomic E-state index is 13.1. The van der Waals surface area contributed by atoms with Crippen LogP contribution in [-0.4, -0.2) is 33.8 Å². The molecule has 6 nitrogen and oxygen atoms in total. The minimum atomic E-state index is -0.838. The molecule has 1 amide bonds. The van der Waals surface area contributed by atoms with E-state index >= 15 is 0 Å². The predicted molar refractivity (Wildman–Crippen MR) is 117 cm³/mol. The van der Waals surface area contributed by atoms with Crippen molar-refractivity contribution in [1.82, 2.24) is 9.88 Å². The Hall–Kier alpha value is -3.64. The van der Waals surface area contributed by atoms with Gasteiger partial charge in [0.15, 0.2) is 0 Å². The minimum Gasteiger partial charge on any atom is -0.507 e. The number of hydrogen-bond donors (Lipinski definition) is 1. The number of aromatic nitrogens is 1. The Morgan fingerprint density at radius 3 is 2.65 bits per heavy atom. The predicted octanol–water partition coefficient (Wildman–Crippen LogP) is 4.37. The molecule has 7 heteroatoms. The number of halogens is 1. The number of aliphatic hydroxyl groups excluding tert-OH is 1. The lowest BCUT2D eigenvalue weighted by Crippen LogP contribution is -2.29. The lowest BCUT2D eigenvalue weighted by molar-refractivity contribution is -0.140. The van der Waals surface area contributed by atoms with Crippen molar-refractivity contribution in [3.05, 3.63) is 100 Å². The van der Waals surface area contributed by atoms with Crippen LogP contribution in [0.25, 0.3) is 5.76 Å². The van der Waals surface area contributed by atoms with Gasteiger partial charge >= 0.3 is 0 Å². The molecule has 1 aliphatic heterocycles. The highest BCUT2D eigenvalue weighted by Gasteiger charge is 2.47. The van der Waals surface area contributed by atoms with E-state index in [1.54, 1.807) is 67.0 Å². The molecule has 0 aliphatic carbocycles. The third-order valence-corrected chi connectivity index (χ3v) is 5.38. The average Bonchev–Trinajstić information content (AvgIpc) is 3.04. The molecule has 4 rings (SSSR count). The van der Waals surface area contributed by atoms with E-state index in [0.717, 1.165) is 5.56 Å². The van der Waals surface area contributed by atoms with Gasteiger partial charge in [0, 0.05) is 35.1 Å². The Balaban J connectivity index is 1.91. The van der Waals surface area contributed by atoms with E-state index in [4.69, 9.17) is 16.3 Å². The van der Waals surface area contributed by atoms with Crippen LogP contribution >= 0.6 is 11.6 Å². The van der Waals surface area contributed by atoms with Gasteiger partial charge in [0.2, 0.25) is 0 Å². The molecule has 31 heavy (non-hydrogen) atoms. The fraction of sp³-hybridized carbons (Fsp3) is 0.125. The van der Waals surface area contributed by atoms with Crippen molar-refractivity contribution in [3.8, 4) is 5.75 Å². The summed E-state index contributed by atoms with van der Waals surface area (Å²) in [5.74, 6) is -1.26. The summed E-state index contributed by atoms with van der Waals surface area (Å²) in [7, 11) is 1.52. The second-order valence-corrected chi connectivity index (χ2v) is 7.48. The zero-order valence-corrected chi connectivity index (χ0v) is 17.4. The molecule has 1 saturated heterocycles. The number of carbonyl (C=O) groups excluding carboxylic acids is 2. The molecule has 1 aliphatic rings. The highest BCUT2D eigenvalue weighted by atomic mass is 35.5. The molecule has 3 aromatic rings. The SMILES string of the molecule is COc1ccccc1C1/C(=C(/O)c2cccc(Cl)c2)C(=O)C(=O)N1Cc1cccnc1. The first kappa shape index (κ1) is 20.6. The van der Waals surface area contributed by atoms with Gasteiger partial charge in [0.1, 0.15) is 11.5 Å². The van der Waals surface area contributed by atoms with Crippen molar-refractivity contribution in [1.29, 1.82) is 0 Å². The van der Waals surface area contributed by atoms with E-state index in [1.807, 2.05) is 6.07 Å². The third-order valence-electron chi connectivity index (χ3n) is 5.15. The number of ether oxygens (including phenoxy) is 1. The van der Waals surface area contributed by atoms with Crippen LogP contribution in [0.5, 0.6) is 5.75 Å². The summed E-state index contributed by atoms with van der Waals surface area (Å²) in [6.07, 6.45) is 3.27. The molecule has 0 radical (unpaired) electrons. The van der Waals surface area contributed by atoms with Crippen molar-refractivity contribution in [2.24, 2.45) is 0 Å². The van der Waals surface area contributed by atoms with Crippen LogP contribution in [-0.2, 0) is 16.1 Å². The van der Waals surface area contributed by atoms with Crippen LogP contribution < -0.4 is 4.74 Å². The van der Waals surface area contributed by atoms with E-state index < -0.39 is 17.7 Å². The van der Waals surface area contributed by atoms with Crippen LogP contribution in [0.1, 0.15) is 22.7 Å². The Labute approximate surface area is 184 Å². The number of amides is 1. The van der Waals surface area contributed by atoms with Gasteiger partial charge in [-0.2, -0.15) is 0 Å². The largest absolute Gasteiger partial charge is 0.507 e. The zero-order valence-electron chi connectivity index (χ0n) is 16.7. The van der Waals surface area contributed by atoms with Gasteiger partial charge < -0.3 is 14.7 Å². The monoisotopic (exact) mass is 434 g/mol. The van der Waals surface area contributed by atoms with Crippen molar-refractivity contribution < 1.29 is 19.4 Å². The maximum Gasteiger partial charge on any atom is 0.295 e.